The number of imidazole rings is 1. The molecule has 3 aromatic rings. The highest BCUT2D eigenvalue weighted by molar-refractivity contribution is 7.99. The molecule has 1 aromatic heterocycles. The van der Waals surface area contributed by atoms with Crippen molar-refractivity contribution in [1.82, 2.24) is 14.9 Å². The van der Waals surface area contributed by atoms with Gasteiger partial charge in [0.1, 0.15) is 0 Å². The lowest BCUT2D eigenvalue weighted by atomic mass is 10.2. The van der Waals surface area contributed by atoms with Crippen LogP contribution in [0.4, 0.5) is 5.69 Å². The SMILES string of the molecule is CNC(=O)c1ccc(NC(=O)CSc2nc3ccccc3n2CC(C)C)cc1. The maximum absolute atomic E-state index is 12.4. The van der Waals surface area contributed by atoms with Gasteiger partial charge in [0.15, 0.2) is 5.16 Å². The van der Waals surface area contributed by atoms with Crippen molar-refractivity contribution in [1.29, 1.82) is 0 Å². The van der Waals surface area contributed by atoms with Crippen LogP contribution in [0.5, 0.6) is 0 Å². The number of benzene rings is 2. The zero-order valence-electron chi connectivity index (χ0n) is 16.2. The van der Waals surface area contributed by atoms with E-state index in [1.807, 2.05) is 18.2 Å². The van der Waals surface area contributed by atoms with Gasteiger partial charge in [0.2, 0.25) is 5.91 Å². The molecule has 2 N–H and O–H groups in total. The molecule has 3 rings (SSSR count). The van der Waals surface area contributed by atoms with Crippen molar-refractivity contribution in [3.63, 3.8) is 0 Å². The summed E-state index contributed by atoms with van der Waals surface area (Å²) in [6.07, 6.45) is 0. The van der Waals surface area contributed by atoms with Gasteiger partial charge in [0.25, 0.3) is 5.91 Å². The number of nitrogens with one attached hydrogen (secondary N) is 2. The molecule has 0 unspecified atom stereocenters. The second kappa shape index (κ2) is 8.93. The van der Waals surface area contributed by atoms with Crippen molar-refractivity contribution in [2.24, 2.45) is 5.92 Å². The number of carbonyl (C=O) groups is 2. The van der Waals surface area contributed by atoms with Crippen molar-refractivity contribution in [3.8, 4) is 0 Å². The Morgan fingerprint density at radius 3 is 2.50 bits per heavy atom. The van der Waals surface area contributed by atoms with Crippen LogP contribution in [0.15, 0.2) is 53.7 Å². The fourth-order valence-electron chi connectivity index (χ4n) is 2.88. The third-order valence-corrected chi connectivity index (χ3v) is 5.13. The number of carbonyl (C=O) groups excluding carboxylic acids is 2. The summed E-state index contributed by atoms with van der Waals surface area (Å²) in [4.78, 5) is 28.6. The van der Waals surface area contributed by atoms with Crippen LogP contribution in [0.2, 0.25) is 0 Å². The van der Waals surface area contributed by atoms with Crippen LogP contribution >= 0.6 is 11.8 Å². The number of thioether (sulfide) groups is 1. The minimum atomic E-state index is -0.155. The van der Waals surface area contributed by atoms with E-state index >= 15 is 0 Å². The number of aromatic nitrogens is 2. The summed E-state index contributed by atoms with van der Waals surface area (Å²) in [5.74, 6) is 0.474. The summed E-state index contributed by atoms with van der Waals surface area (Å²) >= 11 is 1.43. The van der Waals surface area contributed by atoms with E-state index < -0.39 is 0 Å². The molecular formula is C21H24N4O2S. The maximum Gasteiger partial charge on any atom is 0.251 e. The van der Waals surface area contributed by atoms with E-state index in [0.29, 0.717) is 17.2 Å². The molecule has 28 heavy (non-hydrogen) atoms. The lowest BCUT2D eigenvalue weighted by molar-refractivity contribution is -0.113. The minimum Gasteiger partial charge on any atom is -0.355 e. The fraction of sp³-hybridized carbons (Fsp3) is 0.286. The molecule has 1 heterocycles. The van der Waals surface area contributed by atoms with Gasteiger partial charge in [-0.25, -0.2) is 4.98 Å². The Hall–Kier alpha value is -2.80. The predicted molar refractivity (Wildman–Crippen MR) is 114 cm³/mol. The van der Waals surface area contributed by atoms with Gasteiger partial charge in [-0.3, -0.25) is 9.59 Å². The van der Waals surface area contributed by atoms with E-state index in [2.05, 4.69) is 40.1 Å². The molecule has 146 valence electrons. The number of nitrogens with zero attached hydrogens (tertiary/aromatic N) is 2. The number of rotatable bonds is 7. The van der Waals surface area contributed by atoms with Gasteiger partial charge < -0.3 is 15.2 Å². The first-order valence-electron chi connectivity index (χ1n) is 9.18. The van der Waals surface area contributed by atoms with Crippen LogP contribution in [0.3, 0.4) is 0 Å². The molecule has 0 saturated carbocycles. The number of hydrogen-bond acceptors (Lipinski definition) is 4. The van der Waals surface area contributed by atoms with Gasteiger partial charge in [-0.2, -0.15) is 0 Å². The van der Waals surface area contributed by atoms with Gasteiger partial charge in [-0.05, 0) is 42.3 Å². The van der Waals surface area contributed by atoms with E-state index in [0.717, 1.165) is 22.7 Å². The second-order valence-corrected chi connectivity index (χ2v) is 7.82. The molecule has 0 fully saturated rings. The standard InChI is InChI=1S/C21H24N4O2S/c1-14(2)12-25-18-7-5-4-6-17(18)24-21(25)28-13-19(26)23-16-10-8-15(9-11-16)20(27)22-3/h4-11,14H,12-13H2,1-3H3,(H,22,27)(H,23,26). The molecule has 0 radical (unpaired) electrons. The van der Waals surface area contributed by atoms with Crippen LogP contribution < -0.4 is 10.6 Å². The van der Waals surface area contributed by atoms with Crippen LogP contribution in [-0.4, -0.2) is 34.2 Å². The van der Waals surface area contributed by atoms with Crippen molar-refractivity contribution < 1.29 is 9.59 Å². The van der Waals surface area contributed by atoms with Crippen molar-refractivity contribution in [3.05, 3.63) is 54.1 Å². The summed E-state index contributed by atoms with van der Waals surface area (Å²) < 4.78 is 2.18. The Labute approximate surface area is 168 Å². The molecule has 0 aliphatic rings. The summed E-state index contributed by atoms with van der Waals surface area (Å²) in [5, 5.41) is 6.28. The third kappa shape index (κ3) is 4.72. The molecule has 0 atom stereocenters. The summed E-state index contributed by atoms with van der Waals surface area (Å²) in [7, 11) is 1.59. The predicted octanol–water partition coefficient (Wildman–Crippen LogP) is 3.78. The highest BCUT2D eigenvalue weighted by Gasteiger charge is 2.14. The topological polar surface area (TPSA) is 76.0 Å². The zero-order chi connectivity index (χ0) is 20.1. The van der Waals surface area contributed by atoms with Crippen molar-refractivity contribution >= 4 is 40.3 Å². The minimum absolute atomic E-state index is 0.110. The third-order valence-electron chi connectivity index (χ3n) is 4.16. The van der Waals surface area contributed by atoms with E-state index in [9.17, 15) is 9.59 Å². The van der Waals surface area contributed by atoms with Gasteiger partial charge in [-0.15, -0.1) is 0 Å². The monoisotopic (exact) mass is 396 g/mol. The van der Waals surface area contributed by atoms with Crippen LogP contribution in [0, 0.1) is 5.92 Å². The molecule has 2 aromatic carbocycles. The lowest BCUT2D eigenvalue weighted by Gasteiger charge is -2.11. The first-order chi connectivity index (χ1) is 13.5. The quantitative estimate of drug-likeness (QED) is 0.596. The molecule has 0 saturated heterocycles. The Balaban J connectivity index is 1.66. The summed E-state index contributed by atoms with van der Waals surface area (Å²) in [6.45, 7) is 5.18. The van der Waals surface area contributed by atoms with E-state index in [4.69, 9.17) is 0 Å². The van der Waals surface area contributed by atoms with E-state index in [1.54, 1.807) is 31.3 Å². The maximum atomic E-state index is 12.4. The highest BCUT2D eigenvalue weighted by atomic mass is 32.2. The highest BCUT2D eigenvalue weighted by Crippen LogP contribution is 2.25. The van der Waals surface area contributed by atoms with E-state index in [1.165, 1.54) is 11.8 Å². The van der Waals surface area contributed by atoms with Gasteiger partial charge in [-0.1, -0.05) is 37.7 Å². The molecular weight excluding hydrogens is 372 g/mol. The number of amides is 2. The normalized spacial score (nSPS) is 11.0. The molecule has 0 bridgehead atoms. The van der Waals surface area contributed by atoms with Crippen LogP contribution in [0.1, 0.15) is 24.2 Å². The van der Waals surface area contributed by atoms with Crippen molar-refractivity contribution in [2.75, 3.05) is 18.1 Å². The Morgan fingerprint density at radius 1 is 1.11 bits per heavy atom. The average Bonchev–Trinajstić information content (AvgIpc) is 3.03. The van der Waals surface area contributed by atoms with Crippen molar-refractivity contribution in [2.45, 2.75) is 25.5 Å². The average molecular weight is 397 g/mol. The first-order valence-corrected chi connectivity index (χ1v) is 10.2. The van der Waals surface area contributed by atoms with Gasteiger partial charge in [0.05, 0.1) is 16.8 Å². The summed E-state index contributed by atoms with van der Waals surface area (Å²) in [6, 6.07) is 14.8. The lowest BCUT2D eigenvalue weighted by Crippen LogP contribution is -2.18. The molecule has 0 spiro atoms. The number of para-hydroxylation sites is 2. The first kappa shape index (κ1) is 19.9. The second-order valence-electron chi connectivity index (χ2n) is 6.88. The number of fused-ring (bicyclic) bond motifs is 1. The molecule has 2 amide bonds. The van der Waals surface area contributed by atoms with Crippen LogP contribution in [-0.2, 0) is 11.3 Å². The Kier molecular flexibility index (Phi) is 6.36. The van der Waals surface area contributed by atoms with Gasteiger partial charge in [0, 0.05) is 24.8 Å². The molecule has 0 aliphatic heterocycles. The zero-order valence-corrected chi connectivity index (χ0v) is 17.0. The molecule has 0 aliphatic carbocycles. The number of anilines is 1. The summed E-state index contributed by atoms with van der Waals surface area (Å²) in [5.41, 5.74) is 3.24. The van der Waals surface area contributed by atoms with Crippen LogP contribution in [0.25, 0.3) is 11.0 Å². The number of hydrogen-bond donors (Lipinski definition) is 2. The Bertz CT molecular complexity index is 980. The fourth-order valence-corrected chi connectivity index (χ4v) is 3.71. The molecule has 7 heteroatoms. The largest absolute Gasteiger partial charge is 0.355 e. The van der Waals surface area contributed by atoms with Gasteiger partial charge >= 0.3 is 0 Å². The molecule has 6 nitrogen and oxygen atoms in total. The Morgan fingerprint density at radius 2 is 1.82 bits per heavy atom. The smallest absolute Gasteiger partial charge is 0.251 e. The van der Waals surface area contributed by atoms with E-state index in [-0.39, 0.29) is 17.6 Å².